The zero-order chi connectivity index (χ0) is 29.0. The number of hydrogen-bond donors (Lipinski definition) is 0. The molecule has 1 saturated heterocycles. The second-order valence-electron chi connectivity index (χ2n) is 11.0. The van der Waals surface area contributed by atoms with Gasteiger partial charge < -0.3 is 14.2 Å². The van der Waals surface area contributed by atoms with Crippen molar-refractivity contribution in [1.82, 2.24) is 0 Å². The summed E-state index contributed by atoms with van der Waals surface area (Å²) in [5.74, 6) is -2.03. The fourth-order valence-electron chi connectivity index (χ4n) is 5.26. The minimum absolute atomic E-state index is 0.0783. The van der Waals surface area contributed by atoms with Crippen LogP contribution in [0.15, 0.2) is 54.6 Å². The van der Waals surface area contributed by atoms with Crippen LogP contribution >= 0.6 is 0 Å². The minimum Gasteiger partial charge on any atom is -0.490 e. The van der Waals surface area contributed by atoms with Crippen molar-refractivity contribution in [3.8, 4) is 28.0 Å². The molecular formula is C35H43F3O3. The Bertz CT molecular complexity index is 1220. The SMILES string of the molecule is CCCCCCCC1COC(c2ccc(-c3ccc(-c4ccc(OCCCCCC)c(F)c4F)cc3)c(F)c2)OC1. The maximum absolute atomic E-state index is 15.2. The maximum Gasteiger partial charge on any atom is 0.201 e. The van der Waals surface area contributed by atoms with Gasteiger partial charge >= 0.3 is 0 Å². The third kappa shape index (κ3) is 8.59. The second-order valence-corrected chi connectivity index (χ2v) is 11.0. The number of rotatable bonds is 15. The van der Waals surface area contributed by atoms with E-state index in [1.807, 2.05) is 6.07 Å². The molecule has 3 aromatic carbocycles. The number of unbranched alkanes of at least 4 members (excludes halogenated alkanes) is 7. The molecule has 0 unspecified atom stereocenters. The first-order chi connectivity index (χ1) is 20.0. The number of benzene rings is 3. The second kappa shape index (κ2) is 16.0. The Balaban J connectivity index is 1.34. The quantitative estimate of drug-likeness (QED) is 0.171. The van der Waals surface area contributed by atoms with Gasteiger partial charge in [-0.2, -0.15) is 4.39 Å². The van der Waals surface area contributed by atoms with Gasteiger partial charge in [-0.1, -0.05) is 102 Å². The molecule has 4 rings (SSSR count). The molecule has 222 valence electrons. The summed E-state index contributed by atoms with van der Waals surface area (Å²) in [5, 5.41) is 0. The first kappa shape index (κ1) is 31.1. The molecule has 0 amide bonds. The molecule has 0 bridgehead atoms. The van der Waals surface area contributed by atoms with E-state index in [0.29, 0.717) is 48.0 Å². The van der Waals surface area contributed by atoms with Gasteiger partial charge in [-0.3, -0.25) is 0 Å². The van der Waals surface area contributed by atoms with Crippen molar-refractivity contribution >= 4 is 0 Å². The molecule has 0 spiro atoms. The Hall–Kier alpha value is -2.83. The lowest BCUT2D eigenvalue weighted by Crippen LogP contribution is -2.27. The van der Waals surface area contributed by atoms with Crippen molar-refractivity contribution < 1.29 is 27.4 Å². The summed E-state index contributed by atoms with van der Waals surface area (Å²) in [4.78, 5) is 0. The van der Waals surface area contributed by atoms with E-state index in [-0.39, 0.29) is 11.3 Å². The summed E-state index contributed by atoms with van der Waals surface area (Å²) in [6, 6.07) is 14.7. The normalized spacial score (nSPS) is 17.1. The summed E-state index contributed by atoms with van der Waals surface area (Å²) >= 11 is 0. The van der Waals surface area contributed by atoms with Crippen LogP contribution in [0.4, 0.5) is 13.2 Å². The molecule has 1 aliphatic rings. The van der Waals surface area contributed by atoms with Gasteiger partial charge in [0.05, 0.1) is 19.8 Å². The van der Waals surface area contributed by atoms with E-state index >= 15 is 4.39 Å². The van der Waals surface area contributed by atoms with Crippen molar-refractivity contribution in [3.05, 3.63) is 77.6 Å². The average molecular weight is 569 g/mol. The van der Waals surface area contributed by atoms with Gasteiger partial charge in [0.1, 0.15) is 5.82 Å². The van der Waals surface area contributed by atoms with Gasteiger partial charge in [0, 0.05) is 22.6 Å². The molecule has 0 saturated carbocycles. The monoisotopic (exact) mass is 568 g/mol. The van der Waals surface area contributed by atoms with Crippen LogP contribution in [0.2, 0.25) is 0 Å². The van der Waals surface area contributed by atoms with Crippen LogP contribution in [0.3, 0.4) is 0 Å². The van der Waals surface area contributed by atoms with Crippen LogP contribution in [-0.2, 0) is 9.47 Å². The highest BCUT2D eigenvalue weighted by atomic mass is 19.2. The third-order valence-corrected chi connectivity index (χ3v) is 7.76. The van der Waals surface area contributed by atoms with E-state index in [1.54, 1.807) is 30.3 Å². The minimum atomic E-state index is -0.992. The van der Waals surface area contributed by atoms with Gasteiger partial charge in [-0.15, -0.1) is 0 Å². The van der Waals surface area contributed by atoms with Crippen LogP contribution in [0.25, 0.3) is 22.3 Å². The van der Waals surface area contributed by atoms with Gasteiger partial charge in [-0.05, 0) is 42.2 Å². The zero-order valence-corrected chi connectivity index (χ0v) is 24.4. The van der Waals surface area contributed by atoms with Crippen molar-refractivity contribution in [3.63, 3.8) is 0 Å². The van der Waals surface area contributed by atoms with Gasteiger partial charge in [0.2, 0.25) is 5.82 Å². The smallest absolute Gasteiger partial charge is 0.201 e. The van der Waals surface area contributed by atoms with Crippen LogP contribution in [0.5, 0.6) is 5.75 Å². The van der Waals surface area contributed by atoms with Gasteiger partial charge in [0.25, 0.3) is 0 Å². The van der Waals surface area contributed by atoms with E-state index in [4.69, 9.17) is 14.2 Å². The highest BCUT2D eigenvalue weighted by molar-refractivity contribution is 5.71. The Kier molecular flexibility index (Phi) is 12.1. The Morgan fingerprint density at radius 1 is 0.683 bits per heavy atom. The summed E-state index contributed by atoms with van der Waals surface area (Å²) in [6.45, 7) is 5.92. The molecule has 3 aromatic rings. The molecule has 0 radical (unpaired) electrons. The van der Waals surface area contributed by atoms with E-state index in [0.717, 1.165) is 32.1 Å². The Morgan fingerprint density at radius 2 is 1.29 bits per heavy atom. The lowest BCUT2D eigenvalue weighted by Gasteiger charge is -2.29. The summed E-state index contributed by atoms with van der Waals surface area (Å²) < 4.78 is 62.0. The molecule has 0 aromatic heterocycles. The fourth-order valence-corrected chi connectivity index (χ4v) is 5.26. The molecular weight excluding hydrogens is 525 g/mol. The average Bonchev–Trinajstić information content (AvgIpc) is 2.99. The number of ether oxygens (including phenoxy) is 3. The molecule has 0 aliphatic carbocycles. The lowest BCUT2D eigenvalue weighted by atomic mass is 9.98. The van der Waals surface area contributed by atoms with Crippen molar-refractivity contribution in [2.24, 2.45) is 5.92 Å². The molecule has 0 atom stereocenters. The summed E-state index contributed by atoms with van der Waals surface area (Å²) in [6.07, 6.45) is 10.7. The molecule has 3 nitrogen and oxygen atoms in total. The van der Waals surface area contributed by atoms with E-state index in [1.165, 1.54) is 50.3 Å². The predicted octanol–water partition coefficient (Wildman–Crippen LogP) is 10.4. The molecule has 6 heteroatoms. The van der Waals surface area contributed by atoms with Crippen LogP contribution in [-0.4, -0.2) is 19.8 Å². The summed E-state index contributed by atoms with van der Waals surface area (Å²) in [7, 11) is 0. The molecule has 1 aliphatic heterocycles. The van der Waals surface area contributed by atoms with Gasteiger partial charge in [0.15, 0.2) is 17.9 Å². The van der Waals surface area contributed by atoms with E-state index < -0.39 is 23.7 Å². The highest BCUT2D eigenvalue weighted by Crippen LogP contribution is 2.34. The fraction of sp³-hybridized carbons (Fsp3) is 0.486. The lowest BCUT2D eigenvalue weighted by molar-refractivity contribution is -0.206. The molecule has 1 heterocycles. The third-order valence-electron chi connectivity index (χ3n) is 7.76. The van der Waals surface area contributed by atoms with E-state index in [9.17, 15) is 8.78 Å². The molecule has 41 heavy (non-hydrogen) atoms. The predicted molar refractivity (Wildman–Crippen MR) is 158 cm³/mol. The van der Waals surface area contributed by atoms with Crippen LogP contribution in [0, 0.1) is 23.4 Å². The van der Waals surface area contributed by atoms with Crippen LogP contribution < -0.4 is 4.74 Å². The van der Waals surface area contributed by atoms with Gasteiger partial charge in [-0.25, -0.2) is 8.78 Å². The maximum atomic E-state index is 15.2. The van der Waals surface area contributed by atoms with E-state index in [2.05, 4.69) is 13.8 Å². The van der Waals surface area contributed by atoms with Crippen LogP contribution in [0.1, 0.15) is 89.9 Å². The van der Waals surface area contributed by atoms with Crippen molar-refractivity contribution in [2.45, 2.75) is 84.3 Å². The summed E-state index contributed by atoms with van der Waals surface area (Å²) in [5.41, 5.74) is 2.34. The largest absolute Gasteiger partial charge is 0.490 e. The number of halogens is 3. The standard InChI is InChI=1S/C35H43F3O3/c1-3-5-7-9-10-12-25-23-40-35(41-24-25)28-17-18-29(31(36)22-28)26-13-15-27(16-14-26)30-19-20-32(34(38)33(30)37)39-21-11-8-6-4-2/h13-20,22,25,35H,3-12,21,23-24H2,1-2H3. The molecule has 1 fully saturated rings. The number of hydrogen-bond acceptors (Lipinski definition) is 3. The first-order valence-electron chi connectivity index (χ1n) is 15.3. The Morgan fingerprint density at radius 3 is 1.95 bits per heavy atom. The molecule has 0 N–H and O–H groups in total. The zero-order valence-electron chi connectivity index (χ0n) is 24.4. The Labute approximate surface area is 243 Å². The van der Waals surface area contributed by atoms with Crippen molar-refractivity contribution in [1.29, 1.82) is 0 Å². The first-order valence-corrected chi connectivity index (χ1v) is 15.3. The topological polar surface area (TPSA) is 27.7 Å². The van der Waals surface area contributed by atoms with Crippen molar-refractivity contribution in [2.75, 3.05) is 19.8 Å². The highest BCUT2D eigenvalue weighted by Gasteiger charge is 2.24.